The van der Waals surface area contributed by atoms with Gasteiger partial charge >= 0.3 is 0 Å². The molecular formula is C13H18ClNO2. The fourth-order valence-corrected chi connectivity index (χ4v) is 2.49. The summed E-state index contributed by atoms with van der Waals surface area (Å²) < 4.78 is 5.33. The summed E-state index contributed by atoms with van der Waals surface area (Å²) in [6.07, 6.45) is 4.72. The molecule has 1 amide bonds. The molecular weight excluding hydrogens is 238 g/mol. The Morgan fingerprint density at radius 2 is 2.24 bits per heavy atom. The molecule has 1 aromatic heterocycles. The molecule has 0 saturated heterocycles. The topological polar surface area (TPSA) is 42.2 Å². The van der Waals surface area contributed by atoms with Crippen molar-refractivity contribution in [3.05, 3.63) is 23.7 Å². The van der Waals surface area contributed by atoms with Gasteiger partial charge in [-0.1, -0.05) is 19.8 Å². The lowest BCUT2D eigenvalue weighted by Crippen LogP contribution is -2.40. The molecule has 0 aromatic carbocycles. The molecule has 1 fully saturated rings. The molecule has 3 nitrogen and oxygen atoms in total. The molecule has 0 aliphatic heterocycles. The third-order valence-electron chi connectivity index (χ3n) is 3.45. The highest BCUT2D eigenvalue weighted by molar-refractivity contribution is 6.16. The molecule has 2 unspecified atom stereocenters. The van der Waals surface area contributed by atoms with Crippen LogP contribution in [0.1, 0.15) is 48.9 Å². The van der Waals surface area contributed by atoms with E-state index in [1.807, 2.05) is 0 Å². The number of alkyl halides is 1. The molecule has 0 spiro atoms. The Kier molecular flexibility index (Phi) is 4.11. The second-order valence-corrected chi connectivity index (χ2v) is 5.01. The maximum atomic E-state index is 11.9. The molecule has 1 aromatic rings. The van der Waals surface area contributed by atoms with Gasteiger partial charge in [-0.2, -0.15) is 0 Å². The number of furan rings is 1. The minimum atomic E-state index is -0.125. The molecule has 1 saturated carbocycles. The Bertz CT molecular complexity index is 389. The van der Waals surface area contributed by atoms with Gasteiger partial charge in [0.15, 0.2) is 5.76 Å². The highest BCUT2D eigenvalue weighted by Crippen LogP contribution is 2.24. The molecule has 94 valence electrons. The highest BCUT2D eigenvalue weighted by Gasteiger charge is 2.24. The Morgan fingerprint density at radius 1 is 1.47 bits per heavy atom. The number of carbonyl (C=O) groups is 1. The van der Waals surface area contributed by atoms with Crippen LogP contribution >= 0.6 is 11.6 Å². The lowest BCUT2D eigenvalue weighted by molar-refractivity contribution is 0.0880. The van der Waals surface area contributed by atoms with Crippen LogP contribution in [0.2, 0.25) is 0 Å². The van der Waals surface area contributed by atoms with Crippen molar-refractivity contribution in [1.29, 1.82) is 0 Å². The van der Waals surface area contributed by atoms with Gasteiger partial charge in [-0.05, 0) is 30.9 Å². The van der Waals surface area contributed by atoms with Crippen LogP contribution in [-0.4, -0.2) is 11.9 Å². The van der Waals surface area contributed by atoms with Crippen molar-refractivity contribution >= 4 is 17.5 Å². The smallest absolute Gasteiger partial charge is 0.287 e. The number of amides is 1. The maximum Gasteiger partial charge on any atom is 0.287 e. The van der Waals surface area contributed by atoms with E-state index in [4.69, 9.17) is 16.0 Å². The molecule has 2 rings (SSSR count). The molecule has 1 N–H and O–H groups in total. The van der Waals surface area contributed by atoms with Gasteiger partial charge in [0, 0.05) is 6.04 Å². The lowest BCUT2D eigenvalue weighted by Gasteiger charge is -2.29. The van der Waals surface area contributed by atoms with Crippen molar-refractivity contribution < 1.29 is 9.21 Å². The van der Waals surface area contributed by atoms with E-state index in [1.165, 1.54) is 19.3 Å². The summed E-state index contributed by atoms with van der Waals surface area (Å²) in [6, 6.07) is 3.70. The van der Waals surface area contributed by atoms with Crippen LogP contribution in [0, 0.1) is 5.92 Å². The van der Waals surface area contributed by atoms with E-state index in [1.54, 1.807) is 12.1 Å². The molecule has 1 aliphatic carbocycles. The van der Waals surface area contributed by atoms with E-state index < -0.39 is 0 Å². The highest BCUT2D eigenvalue weighted by atomic mass is 35.5. The standard InChI is InChI=1S/C13H18ClNO2/c1-9-4-2-3-5-11(9)15-13(16)12-7-6-10(8-14)17-12/h6-7,9,11H,2-5,8H2,1H3,(H,15,16). The fourth-order valence-electron chi connectivity index (χ4n) is 2.34. The Labute approximate surface area is 107 Å². The first kappa shape index (κ1) is 12.5. The number of hydrogen-bond acceptors (Lipinski definition) is 2. The summed E-state index contributed by atoms with van der Waals surface area (Å²) in [6.45, 7) is 2.19. The molecule has 17 heavy (non-hydrogen) atoms. The first-order chi connectivity index (χ1) is 8.20. The van der Waals surface area contributed by atoms with Crippen molar-refractivity contribution in [2.45, 2.75) is 44.5 Å². The number of halogens is 1. The second kappa shape index (κ2) is 5.58. The summed E-state index contributed by atoms with van der Waals surface area (Å²) in [5.41, 5.74) is 0. The lowest BCUT2D eigenvalue weighted by atomic mass is 9.86. The largest absolute Gasteiger partial charge is 0.455 e. The van der Waals surface area contributed by atoms with Crippen molar-refractivity contribution in [3.8, 4) is 0 Å². The van der Waals surface area contributed by atoms with Gasteiger partial charge in [0.1, 0.15) is 5.76 Å². The fraction of sp³-hybridized carbons (Fsp3) is 0.615. The van der Waals surface area contributed by atoms with Crippen molar-refractivity contribution in [2.75, 3.05) is 0 Å². The zero-order valence-corrected chi connectivity index (χ0v) is 10.8. The first-order valence-electron chi connectivity index (χ1n) is 6.16. The Morgan fingerprint density at radius 3 is 2.88 bits per heavy atom. The van der Waals surface area contributed by atoms with Gasteiger partial charge in [0.2, 0.25) is 0 Å². The number of carbonyl (C=O) groups excluding carboxylic acids is 1. The van der Waals surface area contributed by atoms with Crippen molar-refractivity contribution in [1.82, 2.24) is 5.32 Å². The van der Waals surface area contributed by atoms with Gasteiger partial charge in [0.25, 0.3) is 5.91 Å². The minimum Gasteiger partial charge on any atom is -0.455 e. The average Bonchev–Trinajstić information content (AvgIpc) is 2.81. The predicted molar refractivity (Wildman–Crippen MR) is 67.2 cm³/mol. The van der Waals surface area contributed by atoms with Gasteiger partial charge < -0.3 is 9.73 Å². The van der Waals surface area contributed by atoms with Crippen LogP contribution < -0.4 is 5.32 Å². The Hall–Kier alpha value is -0.960. The van der Waals surface area contributed by atoms with Crippen LogP contribution in [-0.2, 0) is 5.88 Å². The van der Waals surface area contributed by atoms with E-state index in [2.05, 4.69) is 12.2 Å². The van der Waals surface area contributed by atoms with Gasteiger partial charge in [-0.15, -0.1) is 11.6 Å². The normalized spacial score (nSPS) is 24.6. The molecule has 0 radical (unpaired) electrons. The summed E-state index contributed by atoms with van der Waals surface area (Å²) >= 11 is 5.63. The van der Waals surface area contributed by atoms with Gasteiger partial charge in [-0.3, -0.25) is 4.79 Å². The van der Waals surface area contributed by atoms with E-state index in [-0.39, 0.29) is 11.9 Å². The van der Waals surface area contributed by atoms with E-state index >= 15 is 0 Å². The summed E-state index contributed by atoms with van der Waals surface area (Å²) in [4.78, 5) is 11.9. The van der Waals surface area contributed by atoms with Crippen LogP contribution in [0.5, 0.6) is 0 Å². The number of rotatable bonds is 3. The minimum absolute atomic E-state index is 0.125. The van der Waals surface area contributed by atoms with Crippen LogP contribution in [0.15, 0.2) is 16.5 Å². The summed E-state index contributed by atoms with van der Waals surface area (Å²) in [5, 5.41) is 3.05. The monoisotopic (exact) mass is 255 g/mol. The van der Waals surface area contributed by atoms with Crippen LogP contribution in [0.4, 0.5) is 0 Å². The average molecular weight is 256 g/mol. The maximum absolute atomic E-state index is 11.9. The van der Waals surface area contributed by atoms with Crippen LogP contribution in [0.25, 0.3) is 0 Å². The van der Waals surface area contributed by atoms with E-state index in [0.29, 0.717) is 23.3 Å². The SMILES string of the molecule is CC1CCCCC1NC(=O)c1ccc(CCl)o1. The predicted octanol–water partition coefficient (Wildman–Crippen LogP) is 3.33. The molecule has 0 bridgehead atoms. The zero-order valence-electron chi connectivity index (χ0n) is 10.0. The second-order valence-electron chi connectivity index (χ2n) is 4.74. The third-order valence-corrected chi connectivity index (χ3v) is 3.71. The summed E-state index contributed by atoms with van der Waals surface area (Å²) in [5.74, 6) is 1.72. The van der Waals surface area contributed by atoms with Crippen LogP contribution in [0.3, 0.4) is 0 Å². The number of nitrogens with one attached hydrogen (secondary N) is 1. The van der Waals surface area contributed by atoms with Crippen molar-refractivity contribution in [2.24, 2.45) is 5.92 Å². The molecule has 2 atom stereocenters. The third kappa shape index (κ3) is 3.03. The van der Waals surface area contributed by atoms with Gasteiger partial charge in [-0.25, -0.2) is 0 Å². The first-order valence-corrected chi connectivity index (χ1v) is 6.69. The zero-order chi connectivity index (χ0) is 12.3. The quantitative estimate of drug-likeness (QED) is 0.842. The summed E-state index contributed by atoms with van der Waals surface area (Å²) in [7, 11) is 0. The van der Waals surface area contributed by atoms with Crippen molar-refractivity contribution in [3.63, 3.8) is 0 Å². The number of hydrogen-bond donors (Lipinski definition) is 1. The van der Waals surface area contributed by atoms with E-state index in [0.717, 1.165) is 6.42 Å². The van der Waals surface area contributed by atoms with Gasteiger partial charge in [0.05, 0.1) is 5.88 Å². The molecule has 1 aliphatic rings. The molecule has 4 heteroatoms. The van der Waals surface area contributed by atoms with E-state index in [9.17, 15) is 4.79 Å². The molecule has 1 heterocycles. The Balaban J connectivity index is 1.96.